The Kier molecular flexibility index (Phi) is 17.2. The minimum Gasteiger partial charge on any atom is -0.457 e. The van der Waals surface area contributed by atoms with Gasteiger partial charge in [-0.1, -0.05) is 0 Å². The molecular weight excluding hydrogens is 312 g/mol. The number of carbonyl (C=O) groups is 2. The van der Waals surface area contributed by atoms with Crippen molar-refractivity contribution in [1.82, 2.24) is 10.6 Å². The molecule has 8 nitrogen and oxygen atoms in total. The van der Waals surface area contributed by atoms with Gasteiger partial charge in [0.05, 0.1) is 13.2 Å². The van der Waals surface area contributed by atoms with Gasteiger partial charge in [-0.15, -0.1) is 0 Å². The molecule has 0 radical (unpaired) electrons. The van der Waals surface area contributed by atoms with Crippen molar-refractivity contribution in [3.8, 4) is 0 Å². The van der Waals surface area contributed by atoms with Gasteiger partial charge in [-0.25, -0.2) is 9.59 Å². The summed E-state index contributed by atoms with van der Waals surface area (Å²) in [7, 11) is 0. The number of rotatable bonds is 16. The number of carbonyl (C=O) groups excluding carboxylic acids is 2. The lowest BCUT2D eigenvalue weighted by Crippen LogP contribution is -2.24. The van der Waals surface area contributed by atoms with Crippen LogP contribution < -0.4 is 22.1 Å². The van der Waals surface area contributed by atoms with Crippen LogP contribution >= 0.6 is 0 Å². The van der Waals surface area contributed by atoms with Gasteiger partial charge in [0.1, 0.15) is 0 Å². The van der Waals surface area contributed by atoms with Crippen LogP contribution in [0.4, 0.5) is 0 Å². The average Bonchev–Trinajstić information content (AvgIpc) is 2.59. The number of nitrogens with two attached hydrogens (primary N) is 2. The highest BCUT2D eigenvalue weighted by Crippen LogP contribution is 1.90. The van der Waals surface area contributed by atoms with E-state index in [0.29, 0.717) is 25.9 Å². The second-order valence-electron chi connectivity index (χ2n) is 5.47. The molecule has 8 heteroatoms. The van der Waals surface area contributed by atoms with Gasteiger partial charge in [-0.2, -0.15) is 0 Å². The maximum absolute atomic E-state index is 11.4. The smallest absolute Gasteiger partial charge is 0.417 e. The molecule has 0 aromatic heterocycles. The number of ether oxygens (including phenoxy) is 2. The van der Waals surface area contributed by atoms with Gasteiger partial charge in [-0.3, -0.25) is 0 Å². The molecule has 0 bridgehead atoms. The zero-order chi connectivity index (χ0) is 17.9. The maximum Gasteiger partial charge on any atom is 0.417 e. The Labute approximate surface area is 145 Å². The topological polar surface area (TPSA) is 129 Å². The van der Waals surface area contributed by atoms with E-state index in [4.69, 9.17) is 20.9 Å². The highest BCUT2D eigenvalue weighted by Gasteiger charge is 2.16. The molecule has 0 atom stereocenters. The summed E-state index contributed by atoms with van der Waals surface area (Å²) in [5, 5.41) is 6.43. The van der Waals surface area contributed by atoms with Crippen LogP contribution in [0.5, 0.6) is 0 Å². The molecular formula is C16H34N4O4. The molecule has 142 valence electrons. The Morgan fingerprint density at radius 2 is 1.00 bits per heavy atom. The van der Waals surface area contributed by atoms with Gasteiger partial charge >= 0.3 is 11.9 Å². The number of nitrogens with one attached hydrogen (secondary N) is 2. The van der Waals surface area contributed by atoms with Crippen molar-refractivity contribution >= 4 is 11.9 Å². The predicted octanol–water partition coefficient (Wildman–Crippen LogP) is -0.490. The quantitative estimate of drug-likeness (QED) is 0.167. The zero-order valence-electron chi connectivity index (χ0n) is 14.7. The minimum atomic E-state index is -0.922. The highest BCUT2D eigenvalue weighted by molar-refractivity contribution is 6.29. The van der Waals surface area contributed by atoms with Crippen molar-refractivity contribution in [3.05, 3.63) is 0 Å². The number of unbranched alkanes of at least 4 members (excludes halogenated alkanes) is 2. The fraction of sp³-hybridized carbons (Fsp3) is 0.875. The lowest BCUT2D eigenvalue weighted by molar-refractivity contribution is -0.167. The van der Waals surface area contributed by atoms with Crippen LogP contribution in [-0.2, 0) is 19.1 Å². The first kappa shape index (κ1) is 22.8. The van der Waals surface area contributed by atoms with Gasteiger partial charge < -0.3 is 31.6 Å². The summed E-state index contributed by atoms with van der Waals surface area (Å²) in [6.45, 7) is 5.09. The molecule has 0 amide bonds. The second-order valence-corrected chi connectivity index (χ2v) is 5.47. The Morgan fingerprint density at radius 1 is 0.625 bits per heavy atom. The van der Waals surface area contributed by atoms with E-state index in [1.165, 1.54) is 0 Å². The van der Waals surface area contributed by atoms with Gasteiger partial charge in [0.25, 0.3) is 0 Å². The van der Waals surface area contributed by atoms with E-state index in [1.807, 2.05) is 0 Å². The Morgan fingerprint density at radius 3 is 1.38 bits per heavy atom. The molecule has 6 N–H and O–H groups in total. The molecule has 0 aliphatic rings. The van der Waals surface area contributed by atoms with Gasteiger partial charge in [0.15, 0.2) is 0 Å². The van der Waals surface area contributed by atoms with Gasteiger partial charge in [0.2, 0.25) is 0 Å². The van der Waals surface area contributed by atoms with Crippen LogP contribution in [0.3, 0.4) is 0 Å². The van der Waals surface area contributed by atoms with Crippen LogP contribution in [0.25, 0.3) is 0 Å². The normalized spacial score (nSPS) is 10.6. The van der Waals surface area contributed by atoms with E-state index < -0.39 is 11.9 Å². The van der Waals surface area contributed by atoms with Crippen molar-refractivity contribution in [2.75, 3.05) is 52.5 Å². The molecule has 0 aliphatic carbocycles. The largest absolute Gasteiger partial charge is 0.457 e. The van der Waals surface area contributed by atoms with E-state index in [9.17, 15) is 9.59 Å². The predicted molar refractivity (Wildman–Crippen MR) is 93.5 cm³/mol. The molecule has 0 heterocycles. The second kappa shape index (κ2) is 18.1. The van der Waals surface area contributed by atoms with Crippen LogP contribution in [0.15, 0.2) is 0 Å². The molecule has 0 aliphatic heterocycles. The molecule has 0 saturated heterocycles. The first-order chi connectivity index (χ1) is 11.7. The van der Waals surface area contributed by atoms with Crippen LogP contribution in [0.2, 0.25) is 0 Å². The minimum absolute atomic E-state index is 0.209. The van der Waals surface area contributed by atoms with Crippen molar-refractivity contribution in [1.29, 1.82) is 0 Å². The van der Waals surface area contributed by atoms with Crippen LogP contribution in [-0.4, -0.2) is 64.4 Å². The van der Waals surface area contributed by atoms with E-state index in [2.05, 4.69) is 10.6 Å². The summed E-state index contributed by atoms with van der Waals surface area (Å²) in [6.07, 6.45) is 5.38. The first-order valence-electron chi connectivity index (χ1n) is 8.87. The first-order valence-corrected chi connectivity index (χ1v) is 8.87. The molecule has 24 heavy (non-hydrogen) atoms. The van der Waals surface area contributed by atoms with E-state index >= 15 is 0 Å². The summed E-state index contributed by atoms with van der Waals surface area (Å²) >= 11 is 0. The zero-order valence-corrected chi connectivity index (χ0v) is 14.7. The molecule has 0 saturated carbocycles. The molecule has 0 fully saturated rings. The summed E-state index contributed by atoms with van der Waals surface area (Å²) in [5.41, 5.74) is 10.8. The van der Waals surface area contributed by atoms with Crippen LogP contribution in [0, 0.1) is 0 Å². The fourth-order valence-electron chi connectivity index (χ4n) is 1.88. The van der Waals surface area contributed by atoms with E-state index in [0.717, 1.165) is 51.9 Å². The Balaban J connectivity index is 3.36. The van der Waals surface area contributed by atoms with Gasteiger partial charge in [0, 0.05) is 0 Å². The average molecular weight is 346 g/mol. The number of hydrogen-bond acceptors (Lipinski definition) is 8. The van der Waals surface area contributed by atoms with Crippen molar-refractivity contribution < 1.29 is 19.1 Å². The molecule has 0 spiro atoms. The maximum atomic E-state index is 11.4. The monoisotopic (exact) mass is 346 g/mol. The van der Waals surface area contributed by atoms with Crippen molar-refractivity contribution in [3.63, 3.8) is 0 Å². The lowest BCUT2D eigenvalue weighted by Gasteiger charge is -2.07. The third kappa shape index (κ3) is 15.7. The van der Waals surface area contributed by atoms with Crippen LogP contribution in [0.1, 0.15) is 38.5 Å². The lowest BCUT2D eigenvalue weighted by atomic mass is 10.3. The number of hydrogen-bond donors (Lipinski definition) is 4. The summed E-state index contributed by atoms with van der Waals surface area (Å²) < 4.78 is 9.71. The van der Waals surface area contributed by atoms with Crippen molar-refractivity contribution in [2.45, 2.75) is 38.5 Å². The van der Waals surface area contributed by atoms with E-state index in [-0.39, 0.29) is 13.2 Å². The van der Waals surface area contributed by atoms with Crippen molar-refractivity contribution in [2.24, 2.45) is 11.5 Å². The SMILES string of the molecule is NCCCCNCCCOC(=O)C(=O)OCCCNCCCCN. The summed E-state index contributed by atoms with van der Waals surface area (Å²) in [5.74, 6) is -1.84. The third-order valence-electron chi connectivity index (χ3n) is 3.24. The van der Waals surface area contributed by atoms with E-state index in [1.54, 1.807) is 0 Å². The molecule has 0 aromatic rings. The molecule has 0 rings (SSSR count). The fourth-order valence-corrected chi connectivity index (χ4v) is 1.88. The summed E-state index contributed by atoms with van der Waals surface area (Å²) in [4.78, 5) is 22.8. The standard InChI is InChI=1S/C16H34N4O4/c17-7-1-3-9-19-11-5-13-23-15(21)16(22)24-14-6-12-20-10-4-2-8-18/h19-20H,1-14,17-18H2. The van der Waals surface area contributed by atoms with Gasteiger partial charge in [-0.05, 0) is 77.8 Å². The number of esters is 2. The Bertz CT molecular complexity index is 286. The molecule has 0 aromatic carbocycles. The third-order valence-corrected chi connectivity index (χ3v) is 3.24. The molecule has 0 unspecified atom stereocenters. The summed E-state index contributed by atoms with van der Waals surface area (Å²) in [6, 6.07) is 0. The highest BCUT2D eigenvalue weighted by atomic mass is 16.6. The Hall–Kier alpha value is -1.22.